The predicted molar refractivity (Wildman–Crippen MR) is 157 cm³/mol. The Morgan fingerprint density at radius 1 is 1.15 bits per heavy atom. The zero-order valence-electron chi connectivity index (χ0n) is 23.1. The lowest BCUT2D eigenvalue weighted by Gasteiger charge is -2.36. The monoisotopic (exact) mass is 545 g/mol. The summed E-state index contributed by atoms with van der Waals surface area (Å²) in [5, 5.41) is 9.78. The maximum atomic E-state index is 13.5. The number of aryl methyl sites for hydroxylation is 1. The van der Waals surface area contributed by atoms with Crippen molar-refractivity contribution in [3.8, 4) is 23.3 Å². The quantitative estimate of drug-likeness (QED) is 0.386. The molecule has 39 heavy (non-hydrogen) atoms. The zero-order valence-corrected chi connectivity index (χ0v) is 23.9. The average Bonchev–Trinajstić information content (AvgIpc) is 3.66. The summed E-state index contributed by atoms with van der Waals surface area (Å²) < 4.78 is 8.95. The second-order valence-corrected chi connectivity index (χ2v) is 12.7. The number of aliphatic hydroxyl groups excluding tert-OH is 1. The molecule has 0 amide bonds. The van der Waals surface area contributed by atoms with Crippen LogP contribution in [0.4, 0.5) is 0 Å². The third-order valence-electron chi connectivity index (χ3n) is 9.15. The van der Waals surface area contributed by atoms with Crippen LogP contribution in [0.1, 0.15) is 81.6 Å². The molecule has 1 saturated carbocycles. The highest BCUT2D eigenvalue weighted by Gasteiger charge is 2.39. The number of hydrogen-bond acceptors (Lipinski definition) is 6. The second kappa shape index (κ2) is 11.4. The van der Waals surface area contributed by atoms with Gasteiger partial charge in [0.25, 0.3) is 5.56 Å². The highest BCUT2D eigenvalue weighted by molar-refractivity contribution is 7.19. The number of fused-ring (bicyclic) bond motifs is 3. The van der Waals surface area contributed by atoms with Gasteiger partial charge in [-0.25, -0.2) is 4.98 Å². The number of aliphatic hydroxyl groups is 1. The third-order valence-corrected chi connectivity index (χ3v) is 10.2. The molecule has 0 spiro atoms. The second-order valence-electron chi connectivity index (χ2n) is 11.7. The van der Waals surface area contributed by atoms with Gasteiger partial charge in [0.2, 0.25) is 0 Å². The smallest absolute Gasteiger partial charge is 0.275 e. The largest absolute Gasteiger partial charge is 0.490 e. The van der Waals surface area contributed by atoms with E-state index >= 15 is 0 Å². The van der Waals surface area contributed by atoms with Gasteiger partial charge in [-0.15, -0.1) is 11.3 Å². The summed E-state index contributed by atoms with van der Waals surface area (Å²) >= 11 is 1.34. The van der Waals surface area contributed by atoms with E-state index in [0.717, 1.165) is 41.5 Å². The van der Waals surface area contributed by atoms with Crippen molar-refractivity contribution in [3.05, 3.63) is 51.4 Å². The molecule has 2 bridgehead atoms. The van der Waals surface area contributed by atoms with Crippen molar-refractivity contribution >= 4 is 21.6 Å². The van der Waals surface area contributed by atoms with Gasteiger partial charge in [0, 0.05) is 12.1 Å². The molecule has 2 aliphatic heterocycles. The van der Waals surface area contributed by atoms with Gasteiger partial charge in [-0.3, -0.25) is 9.36 Å². The fourth-order valence-corrected chi connectivity index (χ4v) is 7.64. The number of aromatic nitrogens is 2. The Morgan fingerprint density at radius 2 is 1.92 bits per heavy atom. The van der Waals surface area contributed by atoms with E-state index in [-0.39, 0.29) is 11.7 Å². The molecule has 1 aromatic carbocycles. The highest BCUT2D eigenvalue weighted by atomic mass is 32.1. The molecular formula is C32H39N3O3S. The predicted octanol–water partition coefficient (Wildman–Crippen LogP) is 5.70. The molecule has 7 heteroatoms. The van der Waals surface area contributed by atoms with E-state index in [4.69, 9.17) is 4.74 Å². The van der Waals surface area contributed by atoms with E-state index in [1.54, 1.807) is 10.9 Å². The lowest BCUT2D eigenvalue weighted by molar-refractivity contribution is 0.0655. The highest BCUT2D eigenvalue weighted by Crippen LogP contribution is 2.37. The van der Waals surface area contributed by atoms with Crippen LogP contribution in [0, 0.1) is 17.8 Å². The number of ether oxygens (including phenoxy) is 1. The van der Waals surface area contributed by atoms with Crippen molar-refractivity contribution in [1.29, 1.82) is 0 Å². The lowest BCUT2D eigenvalue weighted by atomic mass is 9.97. The first kappa shape index (κ1) is 26.6. The molecule has 4 atom stereocenters. The van der Waals surface area contributed by atoms with Crippen LogP contribution in [0.3, 0.4) is 0 Å². The summed E-state index contributed by atoms with van der Waals surface area (Å²) in [4.78, 5) is 21.4. The molecule has 3 fully saturated rings. The van der Waals surface area contributed by atoms with E-state index in [1.807, 2.05) is 19.1 Å². The number of nitrogens with zero attached hydrogens (tertiary/aromatic N) is 3. The number of benzene rings is 1. The number of hydrogen-bond donors (Lipinski definition) is 1. The van der Waals surface area contributed by atoms with Crippen LogP contribution >= 0.6 is 11.3 Å². The Labute approximate surface area is 235 Å². The summed E-state index contributed by atoms with van der Waals surface area (Å²) in [7, 11) is 2.26. The Morgan fingerprint density at radius 3 is 2.67 bits per heavy atom. The molecular weight excluding hydrogens is 506 g/mol. The summed E-state index contributed by atoms with van der Waals surface area (Å²) in [6.45, 7) is 1.89. The van der Waals surface area contributed by atoms with Crippen molar-refractivity contribution < 1.29 is 9.84 Å². The lowest BCUT2D eigenvalue weighted by Crippen LogP contribution is -2.43. The Balaban J connectivity index is 1.29. The van der Waals surface area contributed by atoms with E-state index in [0.29, 0.717) is 28.7 Å². The first-order valence-corrected chi connectivity index (χ1v) is 15.5. The molecule has 4 heterocycles. The molecule has 6 rings (SSSR count). The minimum atomic E-state index is -0.659. The molecule has 3 aliphatic rings. The molecule has 1 unspecified atom stereocenters. The van der Waals surface area contributed by atoms with Crippen LogP contribution in [-0.4, -0.2) is 50.9 Å². The van der Waals surface area contributed by atoms with Gasteiger partial charge in [0.05, 0.1) is 16.1 Å². The third kappa shape index (κ3) is 5.66. The van der Waals surface area contributed by atoms with E-state index in [9.17, 15) is 9.90 Å². The molecule has 1 N–H and O–H groups in total. The van der Waals surface area contributed by atoms with Gasteiger partial charge in [-0.05, 0) is 87.7 Å². The molecule has 206 valence electrons. The first-order chi connectivity index (χ1) is 19.0. The van der Waals surface area contributed by atoms with Crippen molar-refractivity contribution in [2.45, 2.75) is 102 Å². The SMILES string of the molecule is CCC(O)C#Cc1cc2ncn(-c3ccc(O[C@H]4C[C@H]5CC[C@@H](C4)N5C)c(CCC4CCCC4)c3)c(=O)c2s1. The van der Waals surface area contributed by atoms with Crippen LogP contribution in [-0.2, 0) is 6.42 Å². The molecule has 1 aliphatic carbocycles. The Hall–Kier alpha value is -2.66. The van der Waals surface area contributed by atoms with Crippen molar-refractivity contribution in [2.24, 2.45) is 5.92 Å². The van der Waals surface area contributed by atoms with Crippen molar-refractivity contribution in [3.63, 3.8) is 0 Å². The average molecular weight is 546 g/mol. The number of piperidine rings is 1. The van der Waals surface area contributed by atoms with Crippen LogP contribution in [0.15, 0.2) is 35.4 Å². The summed E-state index contributed by atoms with van der Waals surface area (Å²) in [6, 6.07) is 9.33. The van der Waals surface area contributed by atoms with Crippen molar-refractivity contribution in [2.75, 3.05) is 7.05 Å². The molecule has 0 radical (unpaired) electrons. The summed E-state index contributed by atoms with van der Waals surface area (Å²) in [6.07, 6.45) is 14.0. The zero-order chi connectivity index (χ0) is 26.9. The van der Waals surface area contributed by atoms with Gasteiger partial charge >= 0.3 is 0 Å². The summed E-state index contributed by atoms with van der Waals surface area (Å²) in [5.74, 6) is 7.60. The normalized spacial score (nSPS) is 24.1. The van der Waals surface area contributed by atoms with E-state index in [1.165, 1.54) is 61.8 Å². The number of thiophene rings is 1. The molecule has 3 aromatic rings. The van der Waals surface area contributed by atoms with Gasteiger partial charge in [0.1, 0.15) is 29.0 Å². The Bertz CT molecular complexity index is 1430. The van der Waals surface area contributed by atoms with Crippen molar-refractivity contribution in [1.82, 2.24) is 14.5 Å². The van der Waals surface area contributed by atoms with E-state index in [2.05, 4.69) is 40.9 Å². The van der Waals surface area contributed by atoms with Gasteiger partial charge < -0.3 is 14.7 Å². The molecule has 2 saturated heterocycles. The fourth-order valence-electron chi connectivity index (χ4n) is 6.74. The fraction of sp³-hybridized carbons (Fsp3) is 0.562. The molecule has 6 nitrogen and oxygen atoms in total. The van der Waals surface area contributed by atoms with Crippen LogP contribution in [0.2, 0.25) is 0 Å². The van der Waals surface area contributed by atoms with Crippen LogP contribution in [0.5, 0.6) is 5.75 Å². The van der Waals surface area contributed by atoms with Crippen LogP contribution < -0.4 is 10.3 Å². The van der Waals surface area contributed by atoms with Gasteiger partial charge in [0.15, 0.2) is 0 Å². The van der Waals surface area contributed by atoms with Gasteiger partial charge in [-0.1, -0.05) is 44.4 Å². The molecule has 2 aromatic heterocycles. The maximum absolute atomic E-state index is 13.5. The minimum absolute atomic E-state index is 0.0867. The van der Waals surface area contributed by atoms with Gasteiger partial charge in [-0.2, -0.15) is 0 Å². The standard InChI is InChI=1S/C32H39N3O3S/c1-3-26(36)13-14-28-19-29-31(39-28)32(37)35(20-33-29)25-12-15-30(22(16-25)9-8-21-6-4-5-7-21)38-27-17-23-10-11-24(18-27)34(23)2/h12,15-16,19-21,23-24,26-27,36H,3-11,17-18H2,1-2H3/t23-,24+,26?,27+. The maximum Gasteiger partial charge on any atom is 0.275 e. The first-order valence-electron chi connectivity index (χ1n) is 14.7. The Kier molecular flexibility index (Phi) is 7.79. The minimum Gasteiger partial charge on any atom is -0.490 e. The summed E-state index contributed by atoms with van der Waals surface area (Å²) in [5.41, 5.74) is 2.59. The van der Waals surface area contributed by atoms with Crippen LogP contribution in [0.25, 0.3) is 15.9 Å². The topological polar surface area (TPSA) is 67.6 Å². The van der Waals surface area contributed by atoms with E-state index < -0.39 is 6.10 Å². The number of rotatable bonds is 7.